The van der Waals surface area contributed by atoms with E-state index in [1.807, 2.05) is 12.1 Å². The van der Waals surface area contributed by atoms with E-state index < -0.39 is 6.10 Å². The van der Waals surface area contributed by atoms with Crippen LogP contribution in [0.3, 0.4) is 0 Å². The molecule has 0 fully saturated rings. The van der Waals surface area contributed by atoms with Crippen molar-refractivity contribution in [1.29, 1.82) is 0 Å². The fourth-order valence-corrected chi connectivity index (χ4v) is 2.63. The zero-order chi connectivity index (χ0) is 11.7. The van der Waals surface area contributed by atoms with Crippen molar-refractivity contribution in [3.63, 3.8) is 0 Å². The van der Waals surface area contributed by atoms with Crippen molar-refractivity contribution >= 4 is 0 Å². The minimum absolute atomic E-state index is 0.0950. The second-order valence-corrected chi connectivity index (χ2v) is 4.55. The Bertz CT molecular complexity index is 493. The summed E-state index contributed by atoms with van der Waals surface area (Å²) >= 11 is 0. The van der Waals surface area contributed by atoms with Gasteiger partial charge >= 0.3 is 0 Å². The normalized spacial score (nSPS) is 20.9. The van der Waals surface area contributed by atoms with Gasteiger partial charge in [-0.15, -0.1) is 0 Å². The molecule has 2 heterocycles. The maximum absolute atomic E-state index is 10.4. The zero-order valence-corrected chi connectivity index (χ0v) is 9.54. The Kier molecular flexibility index (Phi) is 2.69. The molecule has 2 unspecified atom stereocenters. The number of aliphatic hydroxyl groups is 1. The van der Waals surface area contributed by atoms with Crippen LogP contribution in [0, 0.1) is 0 Å². The number of aromatic nitrogens is 1. The summed E-state index contributed by atoms with van der Waals surface area (Å²) in [5.74, 6) is 0.0950. The standard InChI is InChI=1S/C14H15NO2/c16-14(11-6-8-17-9-11)12-5-1-3-10-4-2-7-15-13(10)12/h2,4,6-9,12,14,16H,1,3,5H2. The number of hydrogen-bond acceptors (Lipinski definition) is 3. The maximum atomic E-state index is 10.4. The van der Waals surface area contributed by atoms with E-state index in [2.05, 4.69) is 11.1 Å². The molecule has 0 saturated carbocycles. The van der Waals surface area contributed by atoms with E-state index in [4.69, 9.17) is 4.42 Å². The Hall–Kier alpha value is -1.61. The summed E-state index contributed by atoms with van der Waals surface area (Å²) in [6.07, 6.45) is 7.66. The molecule has 3 rings (SSSR count). The van der Waals surface area contributed by atoms with Crippen molar-refractivity contribution in [2.24, 2.45) is 0 Å². The third kappa shape index (κ3) is 1.87. The number of pyridine rings is 1. The molecule has 1 N–H and O–H groups in total. The maximum Gasteiger partial charge on any atom is 0.0960 e. The van der Waals surface area contributed by atoms with E-state index in [-0.39, 0.29) is 5.92 Å². The van der Waals surface area contributed by atoms with Crippen LogP contribution in [-0.4, -0.2) is 10.1 Å². The molecule has 1 aliphatic rings. The molecule has 1 aliphatic carbocycles. The summed E-state index contributed by atoms with van der Waals surface area (Å²) in [5.41, 5.74) is 3.16. The third-order valence-corrected chi connectivity index (χ3v) is 3.50. The van der Waals surface area contributed by atoms with Crippen molar-refractivity contribution in [2.75, 3.05) is 0 Å². The molecule has 2 aromatic rings. The largest absolute Gasteiger partial charge is 0.472 e. The first kappa shape index (κ1) is 10.5. The average Bonchev–Trinajstić information content (AvgIpc) is 2.91. The molecule has 3 nitrogen and oxygen atoms in total. The highest BCUT2D eigenvalue weighted by atomic mass is 16.3. The lowest BCUT2D eigenvalue weighted by Crippen LogP contribution is -2.18. The van der Waals surface area contributed by atoms with Crippen LogP contribution in [0.4, 0.5) is 0 Å². The van der Waals surface area contributed by atoms with Gasteiger partial charge in [0.15, 0.2) is 0 Å². The van der Waals surface area contributed by atoms with Crippen molar-refractivity contribution in [1.82, 2.24) is 4.98 Å². The molecular formula is C14H15NO2. The second kappa shape index (κ2) is 4.34. The molecule has 0 bridgehead atoms. The Morgan fingerprint density at radius 1 is 1.41 bits per heavy atom. The van der Waals surface area contributed by atoms with Gasteiger partial charge in [0.05, 0.1) is 18.6 Å². The van der Waals surface area contributed by atoms with Gasteiger partial charge in [0.25, 0.3) is 0 Å². The molecule has 0 spiro atoms. The number of hydrogen-bond donors (Lipinski definition) is 1. The smallest absolute Gasteiger partial charge is 0.0960 e. The lowest BCUT2D eigenvalue weighted by molar-refractivity contribution is 0.133. The highest BCUT2D eigenvalue weighted by Gasteiger charge is 2.29. The first-order valence-corrected chi connectivity index (χ1v) is 6.00. The molecule has 0 saturated heterocycles. The van der Waals surface area contributed by atoms with Crippen molar-refractivity contribution < 1.29 is 9.52 Å². The highest BCUT2D eigenvalue weighted by Crippen LogP contribution is 2.39. The van der Waals surface area contributed by atoms with Crippen LogP contribution in [0.2, 0.25) is 0 Å². The van der Waals surface area contributed by atoms with Gasteiger partial charge in [-0.3, -0.25) is 4.98 Å². The fraction of sp³-hybridized carbons (Fsp3) is 0.357. The minimum atomic E-state index is -0.511. The predicted molar refractivity (Wildman–Crippen MR) is 63.6 cm³/mol. The topological polar surface area (TPSA) is 46.3 Å². The van der Waals surface area contributed by atoms with Gasteiger partial charge in [-0.05, 0) is 37.0 Å². The SMILES string of the molecule is OC(c1ccoc1)C1CCCc2cccnc21. The van der Waals surface area contributed by atoms with Crippen LogP contribution in [0.1, 0.15) is 41.7 Å². The minimum Gasteiger partial charge on any atom is -0.472 e. The lowest BCUT2D eigenvalue weighted by atomic mass is 9.81. The van der Waals surface area contributed by atoms with Crippen LogP contribution in [0.15, 0.2) is 41.3 Å². The van der Waals surface area contributed by atoms with Crippen LogP contribution < -0.4 is 0 Å². The number of fused-ring (bicyclic) bond motifs is 1. The predicted octanol–water partition coefficient (Wildman–Crippen LogP) is 2.83. The third-order valence-electron chi connectivity index (χ3n) is 3.50. The molecule has 0 amide bonds. The van der Waals surface area contributed by atoms with Gasteiger partial charge in [0.1, 0.15) is 0 Å². The van der Waals surface area contributed by atoms with Gasteiger partial charge in [0.2, 0.25) is 0 Å². The molecule has 3 heteroatoms. The number of aliphatic hydroxyl groups excluding tert-OH is 1. The quantitative estimate of drug-likeness (QED) is 0.861. The Balaban J connectivity index is 1.95. The fourth-order valence-electron chi connectivity index (χ4n) is 2.63. The monoisotopic (exact) mass is 229 g/mol. The Morgan fingerprint density at radius 2 is 2.35 bits per heavy atom. The van der Waals surface area contributed by atoms with E-state index in [1.165, 1.54) is 5.56 Å². The summed E-state index contributed by atoms with van der Waals surface area (Å²) in [5, 5.41) is 10.4. The van der Waals surface area contributed by atoms with Gasteiger partial charge in [-0.25, -0.2) is 0 Å². The molecular weight excluding hydrogens is 214 g/mol. The van der Waals surface area contributed by atoms with Crippen molar-refractivity contribution in [3.05, 3.63) is 53.7 Å². The molecule has 0 aromatic carbocycles. The second-order valence-electron chi connectivity index (χ2n) is 4.55. The van der Waals surface area contributed by atoms with Gasteiger partial charge in [0, 0.05) is 23.4 Å². The molecule has 2 aromatic heterocycles. The summed E-state index contributed by atoms with van der Waals surface area (Å²) in [6, 6.07) is 5.89. The van der Waals surface area contributed by atoms with Crippen LogP contribution in [0.5, 0.6) is 0 Å². The molecule has 17 heavy (non-hydrogen) atoms. The lowest BCUT2D eigenvalue weighted by Gasteiger charge is -2.27. The molecule has 0 radical (unpaired) electrons. The van der Waals surface area contributed by atoms with Crippen molar-refractivity contribution in [3.8, 4) is 0 Å². The van der Waals surface area contributed by atoms with E-state index in [1.54, 1.807) is 18.7 Å². The number of aryl methyl sites for hydroxylation is 1. The van der Waals surface area contributed by atoms with Gasteiger partial charge < -0.3 is 9.52 Å². The van der Waals surface area contributed by atoms with E-state index in [9.17, 15) is 5.11 Å². The summed E-state index contributed by atoms with van der Waals surface area (Å²) in [4.78, 5) is 4.44. The van der Waals surface area contributed by atoms with E-state index in [0.29, 0.717) is 0 Å². The molecule has 2 atom stereocenters. The number of furan rings is 1. The summed E-state index contributed by atoms with van der Waals surface area (Å²) in [6.45, 7) is 0. The Labute approximate surface area is 100 Å². The highest BCUT2D eigenvalue weighted by molar-refractivity contribution is 5.29. The van der Waals surface area contributed by atoms with Gasteiger partial charge in [-0.2, -0.15) is 0 Å². The van der Waals surface area contributed by atoms with E-state index >= 15 is 0 Å². The zero-order valence-electron chi connectivity index (χ0n) is 9.54. The first-order valence-electron chi connectivity index (χ1n) is 6.00. The van der Waals surface area contributed by atoms with E-state index in [0.717, 1.165) is 30.5 Å². The summed E-state index contributed by atoms with van der Waals surface area (Å²) in [7, 11) is 0. The van der Waals surface area contributed by atoms with Crippen LogP contribution >= 0.6 is 0 Å². The number of rotatable bonds is 2. The molecule has 88 valence electrons. The first-order chi connectivity index (χ1) is 8.36. The van der Waals surface area contributed by atoms with Crippen LogP contribution in [-0.2, 0) is 6.42 Å². The molecule has 0 aliphatic heterocycles. The van der Waals surface area contributed by atoms with Gasteiger partial charge in [-0.1, -0.05) is 6.07 Å². The number of nitrogens with zero attached hydrogens (tertiary/aromatic N) is 1. The Morgan fingerprint density at radius 3 is 3.18 bits per heavy atom. The van der Waals surface area contributed by atoms with Crippen LogP contribution in [0.25, 0.3) is 0 Å². The summed E-state index contributed by atoms with van der Waals surface area (Å²) < 4.78 is 5.03. The van der Waals surface area contributed by atoms with Crippen molar-refractivity contribution in [2.45, 2.75) is 31.3 Å². The average molecular weight is 229 g/mol.